The van der Waals surface area contributed by atoms with Crippen LogP contribution in [-0.2, 0) is 4.20 Å². The molecule has 0 bridgehead atoms. The summed E-state index contributed by atoms with van der Waals surface area (Å²) in [6.07, 6.45) is 2.05. The molecule has 0 spiro atoms. The Morgan fingerprint density at radius 2 is 1.58 bits per heavy atom. The van der Waals surface area contributed by atoms with Crippen LogP contribution in [0.25, 0.3) is 0 Å². The third-order valence-corrected chi connectivity index (χ3v) is 4.04. The van der Waals surface area contributed by atoms with Crippen LogP contribution in [0.5, 0.6) is 0 Å². The minimum atomic E-state index is 0.208. The molecule has 0 N–H and O–H groups in total. The zero-order valence-corrected chi connectivity index (χ0v) is 14.1. The van der Waals surface area contributed by atoms with Gasteiger partial charge < -0.3 is 0 Å². The van der Waals surface area contributed by atoms with E-state index in [1.807, 2.05) is 6.08 Å². The van der Waals surface area contributed by atoms with Gasteiger partial charge in [-0.1, -0.05) is 0 Å². The molecule has 0 heterocycles. The SMILES string of the molecule is C=CC(c1ccccc1)c1ccccc1C(C)(C)[AsH2]. The first kappa shape index (κ1) is 14.2. The number of allylic oxidation sites excluding steroid dienone is 1. The van der Waals surface area contributed by atoms with Gasteiger partial charge in [0.25, 0.3) is 0 Å². The quantitative estimate of drug-likeness (QED) is 0.594. The van der Waals surface area contributed by atoms with Crippen molar-refractivity contribution in [3.8, 4) is 0 Å². The predicted octanol–water partition coefficient (Wildman–Crippen LogP) is 3.87. The molecule has 0 aliphatic heterocycles. The molecule has 0 aliphatic carbocycles. The van der Waals surface area contributed by atoms with E-state index in [1.54, 1.807) is 16.9 Å². The van der Waals surface area contributed by atoms with Gasteiger partial charge in [-0.05, 0) is 0 Å². The Morgan fingerprint density at radius 3 is 2.16 bits per heavy atom. The van der Waals surface area contributed by atoms with Gasteiger partial charge in [-0.25, -0.2) is 0 Å². The first-order valence-corrected chi connectivity index (χ1v) is 7.81. The molecule has 1 heteroatoms. The third-order valence-electron chi connectivity index (χ3n) is 3.38. The van der Waals surface area contributed by atoms with Crippen LogP contribution in [0.4, 0.5) is 0 Å². The van der Waals surface area contributed by atoms with E-state index in [2.05, 4.69) is 75.0 Å². The molecule has 19 heavy (non-hydrogen) atoms. The molecule has 0 saturated carbocycles. The molecular weight excluding hydrogens is 291 g/mol. The van der Waals surface area contributed by atoms with Crippen LogP contribution in [-0.4, -0.2) is 16.9 Å². The van der Waals surface area contributed by atoms with Crippen LogP contribution in [0.3, 0.4) is 0 Å². The molecule has 2 aromatic carbocycles. The predicted molar refractivity (Wildman–Crippen MR) is 86.5 cm³/mol. The van der Waals surface area contributed by atoms with Crippen molar-refractivity contribution < 1.29 is 0 Å². The van der Waals surface area contributed by atoms with Crippen molar-refractivity contribution in [1.29, 1.82) is 0 Å². The van der Waals surface area contributed by atoms with E-state index < -0.39 is 0 Å². The fraction of sp³-hybridized carbons (Fsp3) is 0.222. The Balaban J connectivity index is 2.54. The van der Waals surface area contributed by atoms with Crippen molar-refractivity contribution in [3.05, 3.63) is 83.9 Å². The normalized spacial score (nSPS) is 13.0. The zero-order valence-electron chi connectivity index (χ0n) is 11.6. The van der Waals surface area contributed by atoms with Gasteiger partial charge in [0, 0.05) is 0 Å². The van der Waals surface area contributed by atoms with Crippen molar-refractivity contribution in [2.75, 3.05) is 0 Å². The Morgan fingerprint density at radius 1 is 1.00 bits per heavy atom. The van der Waals surface area contributed by atoms with E-state index in [1.165, 1.54) is 16.7 Å². The Labute approximate surface area is 125 Å². The fourth-order valence-corrected chi connectivity index (χ4v) is 3.01. The van der Waals surface area contributed by atoms with Crippen LogP contribution in [0.15, 0.2) is 67.3 Å². The van der Waals surface area contributed by atoms with E-state index in [-0.39, 0.29) is 10.1 Å². The van der Waals surface area contributed by atoms with Gasteiger partial charge in [-0.3, -0.25) is 0 Å². The summed E-state index contributed by atoms with van der Waals surface area (Å²) in [7, 11) is 0. The van der Waals surface area contributed by atoms with Crippen molar-refractivity contribution >= 4 is 16.9 Å². The van der Waals surface area contributed by atoms with E-state index in [0.717, 1.165) is 0 Å². The van der Waals surface area contributed by atoms with Crippen molar-refractivity contribution in [2.24, 2.45) is 0 Å². The van der Waals surface area contributed by atoms with Gasteiger partial charge in [0.2, 0.25) is 0 Å². The second-order valence-corrected chi connectivity index (χ2v) is 8.46. The summed E-state index contributed by atoms with van der Waals surface area (Å²) in [5.74, 6) is 0.271. The molecule has 2 aromatic rings. The molecule has 2 atom stereocenters. The van der Waals surface area contributed by atoms with E-state index >= 15 is 0 Å². The summed E-state index contributed by atoms with van der Waals surface area (Å²) in [6.45, 7) is 8.62. The first-order chi connectivity index (χ1) is 9.04. The van der Waals surface area contributed by atoms with Crippen LogP contribution in [0, 0.1) is 0 Å². The van der Waals surface area contributed by atoms with Crippen LogP contribution in [0.2, 0.25) is 0 Å². The van der Waals surface area contributed by atoms with Gasteiger partial charge >= 0.3 is 125 Å². The van der Waals surface area contributed by atoms with Crippen molar-refractivity contribution in [2.45, 2.75) is 24.0 Å². The van der Waals surface area contributed by atoms with Gasteiger partial charge in [-0.15, -0.1) is 0 Å². The summed E-state index contributed by atoms with van der Waals surface area (Å²) in [4.78, 5) is 0. The van der Waals surface area contributed by atoms with E-state index in [0.29, 0.717) is 0 Å². The second kappa shape index (κ2) is 5.80. The molecule has 0 radical (unpaired) electrons. The van der Waals surface area contributed by atoms with Crippen molar-refractivity contribution in [3.63, 3.8) is 0 Å². The average molecular weight is 312 g/mol. The summed E-state index contributed by atoms with van der Waals surface area (Å²) < 4.78 is 0.208. The zero-order chi connectivity index (χ0) is 13.9. The number of hydrogen-bond donors (Lipinski definition) is 0. The van der Waals surface area contributed by atoms with Gasteiger partial charge in [-0.2, -0.15) is 0 Å². The van der Waals surface area contributed by atoms with Crippen LogP contribution in [0.1, 0.15) is 36.5 Å². The van der Waals surface area contributed by atoms with Crippen molar-refractivity contribution in [1.82, 2.24) is 0 Å². The molecule has 0 amide bonds. The summed E-state index contributed by atoms with van der Waals surface area (Å²) in [6, 6.07) is 19.3. The first-order valence-electron chi connectivity index (χ1n) is 6.60. The molecule has 2 unspecified atom stereocenters. The Hall–Kier alpha value is -1.26. The van der Waals surface area contributed by atoms with E-state index in [4.69, 9.17) is 0 Å². The monoisotopic (exact) mass is 312 g/mol. The van der Waals surface area contributed by atoms with E-state index in [9.17, 15) is 0 Å². The van der Waals surface area contributed by atoms with Gasteiger partial charge in [0.1, 0.15) is 0 Å². The van der Waals surface area contributed by atoms with Gasteiger partial charge in [0.05, 0.1) is 0 Å². The molecule has 2 rings (SSSR count). The average Bonchev–Trinajstić information content (AvgIpc) is 2.40. The third kappa shape index (κ3) is 3.19. The molecule has 0 aliphatic rings. The Kier molecular flexibility index (Phi) is 4.32. The van der Waals surface area contributed by atoms with Gasteiger partial charge in [0.15, 0.2) is 0 Å². The number of hydrogen-bond acceptors (Lipinski definition) is 0. The molecular formula is C18H21As. The number of rotatable bonds is 4. The fourth-order valence-electron chi connectivity index (χ4n) is 2.46. The topological polar surface area (TPSA) is 0 Å². The number of benzene rings is 2. The maximum absolute atomic E-state index is 4.04. The molecule has 0 nitrogen and oxygen atoms in total. The minimum absolute atomic E-state index is 0.208. The molecule has 0 saturated heterocycles. The summed E-state index contributed by atoms with van der Waals surface area (Å²) >= 11 is 1.76. The summed E-state index contributed by atoms with van der Waals surface area (Å²) in [5.41, 5.74) is 4.10. The molecule has 0 aromatic heterocycles. The standard InChI is InChI=1S/C18H21As/c1-4-15(14-10-6-5-7-11-14)16-12-8-9-13-17(16)18(2,3)19/h4-13,15H,1,19H2,2-3H3. The maximum atomic E-state index is 4.04. The summed E-state index contributed by atoms with van der Waals surface area (Å²) in [5, 5.41) is 0. The second-order valence-electron chi connectivity index (χ2n) is 5.43. The van der Waals surface area contributed by atoms with Crippen LogP contribution >= 0.6 is 0 Å². The van der Waals surface area contributed by atoms with Crippen LogP contribution < -0.4 is 0 Å². The Bertz CT molecular complexity index is 549. The molecule has 0 fully saturated rings. The molecule has 98 valence electrons.